The fourth-order valence-electron chi connectivity index (χ4n) is 8.66. The van der Waals surface area contributed by atoms with Crippen LogP contribution in [0.3, 0.4) is 0 Å². The molecule has 11 rings (SSSR count). The highest BCUT2D eigenvalue weighted by Gasteiger charge is 2.27. The molecular formula is C50H44ClF2N7O6. The molecule has 0 spiro atoms. The Morgan fingerprint density at radius 3 is 1.73 bits per heavy atom. The number of aromatic amines is 2. The summed E-state index contributed by atoms with van der Waals surface area (Å²) >= 11 is 5.98. The van der Waals surface area contributed by atoms with E-state index in [0.29, 0.717) is 126 Å². The van der Waals surface area contributed by atoms with Crippen LogP contribution in [-0.4, -0.2) is 67.6 Å². The lowest BCUT2D eigenvalue weighted by atomic mass is 9.95. The minimum atomic E-state index is -0.349. The molecule has 0 bridgehead atoms. The van der Waals surface area contributed by atoms with Crippen LogP contribution >= 0.6 is 11.6 Å². The molecule has 0 aliphatic carbocycles. The Labute approximate surface area is 382 Å². The molecule has 4 aromatic carbocycles. The molecule has 2 fully saturated rings. The third-order valence-corrected chi connectivity index (χ3v) is 12.2. The lowest BCUT2D eigenvalue weighted by Crippen LogP contribution is -2.36. The number of fused-ring (bicyclic) bond motifs is 4. The molecule has 7 aromatic rings. The Morgan fingerprint density at radius 1 is 0.652 bits per heavy atom. The van der Waals surface area contributed by atoms with Crippen molar-refractivity contribution in [1.82, 2.24) is 15.0 Å². The van der Waals surface area contributed by atoms with Crippen molar-refractivity contribution >= 4 is 34.4 Å². The van der Waals surface area contributed by atoms with Crippen LogP contribution in [0.5, 0.6) is 23.0 Å². The van der Waals surface area contributed by atoms with E-state index in [4.69, 9.17) is 36.3 Å². The fourth-order valence-corrected chi connectivity index (χ4v) is 8.84. The van der Waals surface area contributed by atoms with Gasteiger partial charge in [-0.15, -0.1) is 0 Å². The van der Waals surface area contributed by atoms with Gasteiger partial charge in [-0.1, -0.05) is 17.7 Å². The van der Waals surface area contributed by atoms with Crippen LogP contribution < -0.4 is 41.4 Å². The van der Waals surface area contributed by atoms with Crippen LogP contribution in [0.15, 0.2) is 113 Å². The zero-order valence-electron chi connectivity index (χ0n) is 35.6. The average molecular weight is 912 g/mol. The predicted octanol–water partition coefficient (Wildman–Crippen LogP) is 8.67. The van der Waals surface area contributed by atoms with Gasteiger partial charge >= 0.3 is 0 Å². The van der Waals surface area contributed by atoms with Crippen molar-refractivity contribution in [3.63, 3.8) is 0 Å². The van der Waals surface area contributed by atoms with E-state index >= 15 is 4.39 Å². The van der Waals surface area contributed by atoms with E-state index in [1.54, 1.807) is 48.5 Å². The molecule has 0 radical (unpaired) electrons. The summed E-state index contributed by atoms with van der Waals surface area (Å²) in [5.41, 5.74) is 14.4. The van der Waals surface area contributed by atoms with Crippen LogP contribution in [0.25, 0.3) is 22.5 Å². The molecule has 4 aliphatic heterocycles. The van der Waals surface area contributed by atoms with Gasteiger partial charge in [0.1, 0.15) is 39.8 Å². The summed E-state index contributed by atoms with van der Waals surface area (Å²) in [4.78, 5) is 39.2. The van der Waals surface area contributed by atoms with Gasteiger partial charge in [0.05, 0.1) is 50.1 Å². The van der Waals surface area contributed by atoms with Crippen molar-refractivity contribution < 1.29 is 27.7 Å². The second-order valence-electron chi connectivity index (χ2n) is 16.3. The zero-order valence-corrected chi connectivity index (χ0v) is 36.4. The molecule has 3 aromatic heterocycles. The van der Waals surface area contributed by atoms with Crippen LogP contribution in [0, 0.1) is 11.6 Å². The van der Waals surface area contributed by atoms with Gasteiger partial charge in [-0.05, 0) is 84.9 Å². The van der Waals surface area contributed by atoms with Crippen molar-refractivity contribution in [2.75, 3.05) is 73.5 Å². The molecule has 16 heteroatoms. The Hall–Kier alpha value is -7.20. The summed E-state index contributed by atoms with van der Waals surface area (Å²) in [6.07, 6.45) is 0.741. The molecule has 0 amide bonds. The number of nitrogen functional groups attached to an aromatic ring is 1. The Bertz CT molecular complexity index is 3100. The number of pyridine rings is 3. The largest absolute Gasteiger partial charge is 0.456 e. The lowest BCUT2D eigenvalue weighted by molar-refractivity contribution is 0.122. The molecule has 13 nitrogen and oxygen atoms in total. The topological polar surface area (TPSA) is 160 Å². The second kappa shape index (κ2) is 18.4. The number of anilines is 4. The smallest absolute Gasteiger partial charge is 0.250 e. The maximum atomic E-state index is 15.0. The molecule has 7 heterocycles. The number of ether oxygens (including phenoxy) is 4. The van der Waals surface area contributed by atoms with Gasteiger partial charge in [-0.2, -0.15) is 0 Å². The maximum absolute atomic E-state index is 15.0. The number of hydrogen-bond donors (Lipinski definition) is 4. The summed E-state index contributed by atoms with van der Waals surface area (Å²) in [5.74, 6) is 1.45. The van der Waals surface area contributed by atoms with E-state index in [0.717, 1.165) is 47.0 Å². The van der Waals surface area contributed by atoms with Crippen molar-refractivity contribution in [3.8, 4) is 45.5 Å². The van der Waals surface area contributed by atoms with Gasteiger partial charge in [0.2, 0.25) is 11.1 Å². The van der Waals surface area contributed by atoms with E-state index in [2.05, 4.69) is 30.1 Å². The number of nitrogens with one attached hydrogen (secondary N) is 3. The molecule has 5 N–H and O–H groups in total. The average Bonchev–Trinajstić information content (AvgIpc) is 3.33. The third-order valence-electron chi connectivity index (χ3n) is 11.9. The number of morpholine rings is 2. The standard InChI is InChI=1S/C28H24ClFN4O3.C22H20FN3O3/c29-26-3-1-2-19(32-26)16-31-18-4-7-25-17(12-18)13-22-23(30)6-5-21(28(22)37-25)24-14-20(15-27(35)33-24)34-8-10-36-11-9-34;23-18-3-2-16(22-17(18)10-13-9-14(24)1-4-20(13)29-22)19-11-15(12-21(27)25-19)26-5-7-28-8-6-26/h1-7,12,14-15,31H,8-11,13,16H2,(H,33,35);1-4,9,11-12H,5-8,10,24H2,(H,25,27). The number of H-pyrrole nitrogens is 2. The van der Waals surface area contributed by atoms with Gasteiger partial charge in [-0.3, -0.25) is 9.59 Å². The molecule has 2 saturated heterocycles. The summed E-state index contributed by atoms with van der Waals surface area (Å²) in [6.45, 7) is 5.82. The Morgan fingerprint density at radius 2 is 1.18 bits per heavy atom. The minimum Gasteiger partial charge on any atom is -0.456 e. The number of halogens is 3. The highest BCUT2D eigenvalue weighted by Crippen LogP contribution is 2.46. The quantitative estimate of drug-likeness (QED) is 0.0895. The molecule has 0 saturated carbocycles. The number of nitrogens with two attached hydrogens (primary N) is 1. The Balaban J connectivity index is 0.000000160. The van der Waals surface area contributed by atoms with E-state index in [1.165, 1.54) is 12.1 Å². The van der Waals surface area contributed by atoms with Crippen molar-refractivity contribution in [2.45, 2.75) is 19.4 Å². The molecule has 336 valence electrons. The van der Waals surface area contributed by atoms with E-state index in [9.17, 15) is 14.0 Å². The molecule has 0 unspecified atom stereocenters. The van der Waals surface area contributed by atoms with Gasteiger partial charge < -0.3 is 49.8 Å². The second-order valence-corrected chi connectivity index (χ2v) is 16.7. The molecule has 66 heavy (non-hydrogen) atoms. The normalized spacial score (nSPS) is 14.9. The predicted molar refractivity (Wildman–Crippen MR) is 251 cm³/mol. The highest BCUT2D eigenvalue weighted by atomic mass is 35.5. The number of rotatable bonds is 7. The first kappa shape index (κ1) is 42.7. The highest BCUT2D eigenvalue weighted by molar-refractivity contribution is 6.29. The van der Waals surface area contributed by atoms with Crippen LogP contribution in [-0.2, 0) is 28.9 Å². The Kier molecular flexibility index (Phi) is 11.9. The number of benzene rings is 4. The number of nitrogens with zero attached hydrogens (tertiary/aromatic N) is 3. The van der Waals surface area contributed by atoms with Crippen LogP contribution in [0.2, 0.25) is 5.15 Å². The first-order valence-electron chi connectivity index (χ1n) is 21.6. The number of aromatic nitrogens is 3. The van der Waals surface area contributed by atoms with Gasteiger partial charge in [-0.25, -0.2) is 13.8 Å². The summed E-state index contributed by atoms with van der Waals surface area (Å²) in [7, 11) is 0. The van der Waals surface area contributed by atoms with E-state index in [-0.39, 0.29) is 22.8 Å². The summed E-state index contributed by atoms with van der Waals surface area (Å²) < 4.78 is 52.8. The zero-order chi connectivity index (χ0) is 45.3. The van der Waals surface area contributed by atoms with Gasteiger partial charge in [0, 0.05) is 107 Å². The molecular weight excluding hydrogens is 868 g/mol. The van der Waals surface area contributed by atoms with Gasteiger partial charge in [0.25, 0.3) is 0 Å². The minimum absolute atomic E-state index is 0.217. The van der Waals surface area contributed by atoms with Gasteiger partial charge in [0.15, 0.2) is 0 Å². The van der Waals surface area contributed by atoms with Crippen molar-refractivity contribution in [1.29, 1.82) is 0 Å². The van der Waals surface area contributed by atoms with Crippen molar-refractivity contribution in [2.24, 2.45) is 0 Å². The third kappa shape index (κ3) is 9.05. The first-order valence-corrected chi connectivity index (χ1v) is 22.0. The SMILES string of the molecule is Nc1ccc2c(c1)Cc1c(F)ccc(-c3cc(N4CCOCC4)cc(=O)[nH]3)c1O2.O=c1cc(N2CCOCC2)cc(-c2ccc(F)c3c2Oc2ccc(NCc4cccc(Cl)n4)cc2C3)[nH]1. The first-order chi connectivity index (χ1) is 32.1. The molecule has 4 aliphatic rings. The molecule has 0 atom stereocenters. The number of hydrogen-bond acceptors (Lipinski definition) is 11. The summed E-state index contributed by atoms with van der Waals surface area (Å²) in [6, 6.07) is 29.7. The fraction of sp³-hybridized carbons (Fsp3) is 0.220. The van der Waals surface area contributed by atoms with Crippen LogP contribution in [0.4, 0.5) is 31.5 Å². The summed E-state index contributed by atoms with van der Waals surface area (Å²) in [5, 5.41) is 3.78. The van der Waals surface area contributed by atoms with E-state index < -0.39 is 0 Å². The monoisotopic (exact) mass is 911 g/mol. The lowest BCUT2D eigenvalue weighted by Gasteiger charge is -2.29. The van der Waals surface area contributed by atoms with E-state index in [1.807, 2.05) is 42.5 Å². The van der Waals surface area contributed by atoms with Crippen LogP contribution in [0.1, 0.15) is 27.9 Å². The van der Waals surface area contributed by atoms with Crippen molar-refractivity contribution in [3.05, 3.63) is 169 Å². The maximum Gasteiger partial charge on any atom is 0.250 e.